The fourth-order valence-electron chi connectivity index (χ4n) is 2.81. The van der Waals surface area contributed by atoms with Gasteiger partial charge in [-0.25, -0.2) is 4.79 Å². The minimum absolute atomic E-state index is 0.282. The summed E-state index contributed by atoms with van der Waals surface area (Å²) in [5.41, 5.74) is 3.57. The van der Waals surface area contributed by atoms with Gasteiger partial charge < -0.3 is 14.8 Å². The van der Waals surface area contributed by atoms with Gasteiger partial charge in [0.05, 0.1) is 13.7 Å². The minimum Gasteiger partial charge on any atom is -0.465 e. The lowest BCUT2D eigenvalue weighted by atomic mass is 10.1. The van der Waals surface area contributed by atoms with Crippen molar-refractivity contribution in [3.63, 3.8) is 0 Å². The molecule has 3 rings (SSSR count). The summed E-state index contributed by atoms with van der Waals surface area (Å²) in [4.78, 5) is 12.4. The number of fused-ring (bicyclic) bond motifs is 1. The number of carbonyl (C=O) groups excluding carboxylic acids is 1. The van der Waals surface area contributed by atoms with Crippen LogP contribution >= 0.6 is 11.3 Å². The molecule has 5 heteroatoms. The van der Waals surface area contributed by atoms with E-state index in [1.165, 1.54) is 35.1 Å². The van der Waals surface area contributed by atoms with Gasteiger partial charge in [-0.3, -0.25) is 0 Å². The summed E-state index contributed by atoms with van der Waals surface area (Å²) in [5, 5.41) is 4.58. The molecule has 0 atom stereocenters. The van der Waals surface area contributed by atoms with E-state index in [0.717, 1.165) is 23.2 Å². The van der Waals surface area contributed by atoms with Gasteiger partial charge in [-0.05, 0) is 34.2 Å². The topological polar surface area (TPSA) is 47.6 Å². The van der Waals surface area contributed by atoms with E-state index in [1.807, 2.05) is 24.3 Å². The third kappa shape index (κ3) is 4.25. The Morgan fingerprint density at radius 3 is 2.64 bits per heavy atom. The molecule has 0 bridgehead atoms. The first-order chi connectivity index (χ1) is 12.2. The SMILES string of the molecule is COCc1cccc(CNCc2cccc3sc(C(=O)OC)cc23)c1. The van der Waals surface area contributed by atoms with E-state index in [9.17, 15) is 4.79 Å². The second-order valence-electron chi connectivity index (χ2n) is 5.79. The van der Waals surface area contributed by atoms with Crippen LogP contribution in [0.15, 0.2) is 48.5 Å². The molecular weight excluding hydrogens is 334 g/mol. The van der Waals surface area contributed by atoms with E-state index in [2.05, 4.69) is 29.6 Å². The highest BCUT2D eigenvalue weighted by Gasteiger charge is 2.12. The van der Waals surface area contributed by atoms with Crippen LogP contribution in [0, 0.1) is 0 Å². The number of ether oxygens (including phenoxy) is 2. The fraction of sp³-hybridized carbons (Fsp3) is 0.250. The first kappa shape index (κ1) is 17.6. The van der Waals surface area contributed by atoms with Crippen LogP contribution in [0.5, 0.6) is 0 Å². The van der Waals surface area contributed by atoms with Crippen molar-refractivity contribution >= 4 is 27.4 Å². The van der Waals surface area contributed by atoms with E-state index in [0.29, 0.717) is 11.5 Å². The largest absolute Gasteiger partial charge is 0.465 e. The maximum Gasteiger partial charge on any atom is 0.348 e. The molecule has 0 aliphatic heterocycles. The van der Waals surface area contributed by atoms with E-state index >= 15 is 0 Å². The van der Waals surface area contributed by atoms with Crippen LogP contribution in [0.3, 0.4) is 0 Å². The molecule has 2 aromatic carbocycles. The molecule has 0 radical (unpaired) electrons. The molecule has 1 heterocycles. The summed E-state index contributed by atoms with van der Waals surface area (Å²) < 4.78 is 11.1. The van der Waals surface area contributed by atoms with Crippen molar-refractivity contribution in [2.75, 3.05) is 14.2 Å². The van der Waals surface area contributed by atoms with E-state index < -0.39 is 0 Å². The Morgan fingerprint density at radius 1 is 1.04 bits per heavy atom. The van der Waals surface area contributed by atoms with Crippen LogP contribution in [0.4, 0.5) is 0 Å². The van der Waals surface area contributed by atoms with Crippen LogP contribution in [0.1, 0.15) is 26.4 Å². The quantitative estimate of drug-likeness (QED) is 0.648. The number of carbonyl (C=O) groups is 1. The van der Waals surface area contributed by atoms with Crippen LogP contribution in [0.25, 0.3) is 10.1 Å². The molecule has 0 spiro atoms. The van der Waals surface area contributed by atoms with Gasteiger partial charge in [-0.15, -0.1) is 11.3 Å². The molecule has 0 aliphatic rings. The van der Waals surface area contributed by atoms with Gasteiger partial charge in [0.1, 0.15) is 4.88 Å². The second kappa shape index (κ2) is 8.25. The molecule has 0 saturated carbocycles. The lowest BCUT2D eigenvalue weighted by Crippen LogP contribution is -2.13. The lowest BCUT2D eigenvalue weighted by Gasteiger charge is -2.08. The second-order valence-corrected chi connectivity index (χ2v) is 6.87. The summed E-state index contributed by atoms with van der Waals surface area (Å²) in [6.45, 7) is 2.14. The smallest absolute Gasteiger partial charge is 0.348 e. The Bertz CT molecular complexity index is 872. The van der Waals surface area contributed by atoms with E-state index in [-0.39, 0.29) is 5.97 Å². The van der Waals surface area contributed by atoms with Crippen LogP contribution in [0.2, 0.25) is 0 Å². The van der Waals surface area contributed by atoms with Gasteiger partial charge in [-0.2, -0.15) is 0 Å². The normalized spacial score (nSPS) is 11.0. The zero-order chi connectivity index (χ0) is 17.6. The highest BCUT2D eigenvalue weighted by atomic mass is 32.1. The molecule has 1 aromatic heterocycles. The van der Waals surface area contributed by atoms with Gasteiger partial charge in [-0.1, -0.05) is 36.4 Å². The number of benzene rings is 2. The average Bonchev–Trinajstić information content (AvgIpc) is 3.07. The number of esters is 1. The van der Waals surface area contributed by atoms with Gasteiger partial charge >= 0.3 is 5.97 Å². The summed E-state index contributed by atoms with van der Waals surface area (Å²) in [5.74, 6) is -0.282. The molecule has 1 N–H and O–H groups in total. The molecule has 0 amide bonds. The van der Waals surface area contributed by atoms with Crippen molar-refractivity contribution in [1.82, 2.24) is 5.32 Å². The number of thiophene rings is 1. The number of methoxy groups -OCH3 is 2. The highest BCUT2D eigenvalue weighted by Crippen LogP contribution is 2.29. The molecule has 0 unspecified atom stereocenters. The standard InChI is InChI=1S/C20H21NO3S/c1-23-13-15-6-3-5-14(9-15)11-21-12-16-7-4-8-18-17(16)10-19(25-18)20(22)24-2/h3-10,21H,11-13H2,1-2H3. The van der Waals surface area contributed by atoms with Crippen molar-refractivity contribution in [1.29, 1.82) is 0 Å². The van der Waals surface area contributed by atoms with Crippen LogP contribution in [-0.2, 0) is 29.2 Å². The molecule has 0 saturated heterocycles. The molecule has 0 fully saturated rings. The van der Waals surface area contributed by atoms with Crippen molar-refractivity contribution in [2.45, 2.75) is 19.7 Å². The zero-order valence-electron chi connectivity index (χ0n) is 14.4. The van der Waals surface area contributed by atoms with E-state index in [1.54, 1.807) is 7.11 Å². The third-order valence-corrected chi connectivity index (χ3v) is 5.07. The molecule has 0 aliphatic carbocycles. The predicted octanol–water partition coefficient (Wildman–Crippen LogP) is 4.12. The summed E-state index contributed by atoms with van der Waals surface area (Å²) in [7, 11) is 3.11. The van der Waals surface area contributed by atoms with Gasteiger partial charge in [0.2, 0.25) is 0 Å². The minimum atomic E-state index is -0.282. The van der Waals surface area contributed by atoms with Crippen LogP contribution in [-0.4, -0.2) is 20.2 Å². The van der Waals surface area contributed by atoms with E-state index in [4.69, 9.17) is 9.47 Å². The predicted molar refractivity (Wildman–Crippen MR) is 101 cm³/mol. The maximum absolute atomic E-state index is 11.7. The average molecular weight is 355 g/mol. The number of hydrogen-bond donors (Lipinski definition) is 1. The van der Waals surface area contributed by atoms with Crippen molar-refractivity contribution in [3.05, 3.63) is 70.1 Å². The Labute approximate surface area is 151 Å². The Balaban J connectivity index is 1.70. The van der Waals surface area contributed by atoms with Crippen molar-refractivity contribution in [2.24, 2.45) is 0 Å². The van der Waals surface area contributed by atoms with Crippen LogP contribution < -0.4 is 5.32 Å². The maximum atomic E-state index is 11.7. The lowest BCUT2D eigenvalue weighted by molar-refractivity contribution is 0.0606. The number of hydrogen-bond acceptors (Lipinski definition) is 5. The first-order valence-corrected chi connectivity index (χ1v) is 8.90. The Hall–Kier alpha value is -2.21. The number of nitrogens with one attached hydrogen (secondary N) is 1. The van der Waals surface area contributed by atoms with Crippen molar-refractivity contribution in [3.8, 4) is 0 Å². The highest BCUT2D eigenvalue weighted by molar-refractivity contribution is 7.20. The molecule has 3 aromatic rings. The molecule has 25 heavy (non-hydrogen) atoms. The summed E-state index contributed by atoms with van der Waals surface area (Å²) in [6.07, 6.45) is 0. The van der Waals surface area contributed by atoms with Gasteiger partial charge in [0, 0.05) is 24.9 Å². The molecule has 130 valence electrons. The third-order valence-electron chi connectivity index (χ3n) is 3.99. The fourth-order valence-corrected chi connectivity index (χ4v) is 3.84. The van der Waals surface area contributed by atoms with Gasteiger partial charge in [0.25, 0.3) is 0 Å². The Kier molecular flexibility index (Phi) is 5.81. The zero-order valence-corrected chi connectivity index (χ0v) is 15.2. The molecular formula is C20H21NO3S. The monoisotopic (exact) mass is 355 g/mol. The number of rotatable bonds is 7. The Morgan fingerprint density at radius 2 is 1.84 bits per heavy atom. The van der Waals surface area contributed by atoms with Gasteiger partial charge in [0.15, 0.2) is 0 Å². The first-order valence-electron chi connectivity index (χ1n) is 8.08. The summed E-state index contributed by atoms with van der Waals surface area (Å²) in [6, 6.07) is 16.4. The van der Waals surface area contributed by atoms with Crippen molar-refractivity contribution < 1.29 is 14.3 Å². The molecule has 4 nitrogen and oxygen atoms in total. The summed E-state index contributed by atoms with van der Waals surface area (Å²) >= 11 is 1.47.